The van der Waals surface area contributed by atoms with E-state index in [4.69, 9.17) is 12.2 Å². The van der Waals surface area contributed by atoms with E-state index in [1.165, 1.54) is 6.07 Å². The number of hydrogen-bond acceptors (Lipinski definition) is 3. The Balaban J connectivity index is 2.18. The summed E-state index contributed by atoms with van der Waals surface area (Å²) in [4.78, 5) is 15.2. The van der Waals surface area contributed by atoms with Gasteiger partial charge in [0.25, 0.3) is 5.56 Å². The highest BCUT2D eigenvalue weighted by Crippen LogP contribution is 2.10. The van der Waals surface area contributed by atoms with Gasteiger partial charge in [0, 0.05) is 0 Å². The highest BCUT2D eigenvalue weighted by Gasteiger charge is 2.07. The Labute approximate surface area is 128 Å². The predicted octanol–water partition coefficient (Wildman–Crippen LogP) is 3.22. The van der Waals surface area contributed by atoms with Crippen LogP contribution in [-0.4, -0.2) is 15.9 Å². The van der Waals surface area contributed by atoms with Crippen molar-refractivity contribution in [3.63, 3.8) is 0 Å². The Kier molecular flexibility index (Phi) is 3.64. The maximum atomic E-state index is 13.6. The van der Waals surface area contributed by atoms with Crippen LogP contribution in [0.1, 0.15) is 5.56 Å². The smallest absolute Gasteiger partial charge is 0.282 e. The number of fused-ring (bicyclic) bond motifs is 1. The van der Waals surface area contributed by atoms with Gasteiger partial charge in [0.1, 0.15) is 11.6 Å². The van der Waals surface area contributed by atoms with Crippen molar-refractivity contribution in [3.8, 4) is 0 Å². The SMILES string of the molecule is O=c1c2ccccc2[nH]c(=S)n1N=Cc1c(F)cccc1F. The maximum absolute atomic E-state index is 13.6. The number of aromatic nitrogens is 2. The molecule has 0 aliphatic rings. The second-order valence-electron chi connectivity index (χ2n) is 4.47. The Morgan fingerprint density at radius 1 is 1.09 bits per heavy atom. The first-order valence-electron chi connectivity index (χ1n) is 6.30. The van der Waals surface area contributed by atoms with E-state index in [0.29, 0.717) is 10.9 Å². The first kappa shape index (κ1) is 14.3. The van der Waals surface area contributed by atoms with Crippen molar-refractivity contribution >= 4 is 29.3 Å². The van der Waals surface area contributed by atoms with Gasteiger partial charge in [-0.25, -0.2) is 8.78 Å². The summed E-state index contributed by atoms with van der Waals surface area (Å²) in [5, 5.41) is 4.19. The molecule has 0 fully saturated rings. The van der Waals surface area contributed by atoms with Gasteiger partial charge in [-0.1, -0.05) is 18.2 Å². The molecule has 0 bridgehead atoms. The highest BCUT2D eigenvalue weighted by molar-refractivity contribution is 7.71. The lowest BCUT2D eigenvalue weighted by atomic mass is 10.2. The number of rotatable bonds is 2. The Morgan fingerprint density at radius 3 is 2.50 bits per heavy atom. The van der Waals surface area contributed by atoms with Gasteiger partial charge in [-0.15, -0.1) is 0 Å². The van der Waals surface area contributed by atoms with Crippen LogP contribution >= 0.6 is 12.2 Å². The van der Waals surface area contributed by atoms with Crippen LogP contribution in [0.15, 0.2) is 52.4 Å². The molecule has 0 amide bonds. The molecule has 0 aliphatic heterocycles. The second-order valence-corrected chi connectivity index (χ2v) is 4.86. The van der Waals surface area contributed by atoms with Crippen molar-refractivity contribution < 1.29 is 8.78 Å². The van der Waals surface area contributed by atoms with Crippen LogP contribution in [0.25, 0.3) is 10.9 Å². The normalized spacial score (nSPS) is 11.4. The molecular formula is C15H9F2N3OS. The fourth-order valence-electron chi connectivity index (χ4n) is 2.01. The Bertz CT molecular complexity index is 987. The molecule has 110 valence electrons. The molecule has 0 aliphatic carbocycles. The van der Waals surface area contributed by atoms with Crippen LogP contribution in [0.2, 0.25) is 0 Å². The summed E-state index contributed by atoms with van der Waals surface area (Å²) in [5.41, 5.74) is -0.231. The zero-order valence-corrected chi connectivity index (χ0v) is 11.9. The van der Waals surface area contributed by atoms with E-state index in [0.717, 1.165) is 23.0 Å². The number of hydrogen-bond donors (Lipinski definition) is 1. The van der Waals surface area contributed by atoms with Crippen LogP contribution in [0.3, 0.4) is 0 Å². The minimum Gasteiger partial charge on any atom is -0.330 e. The lowest BCUT2D eigenvalue weighted by Gasteiger charge is -2.03. The molecule has 0 unspecified atom stereocenters. The Hall–Kier alpha value is -2.67. The van der Waals surface area contributed by atoms with Gasteiger partial charge in [-0.3, -0.25) is 4.79 Å². The van der Waals surface area contributed by atoms with E-state index in [-0.39, 0.29) is 10.3 Å². The third-order valence-electron chi connectivity index (χ3n) is 3.09. The molecule has 3 rings (SSSR count). The highest BCUT2D eigenvalue weighted by atomic mass is 32.1. The Morgan fingerprint density at radius 2 is 1.77 bits per heavy atom. The van der Waals surface area contributed by atoms with Gasteiger partial charge >= 0.3 is 0 Å². The van der Waals surface area contributed by atoms with Gasteiger partial charge in [-0.2, -0.15) is 9.78 Å². The molecule has 22 heavy (non-hydrogen) atoms. The third-order valence-corrected chi connectivity index (χ3v) is 3.36. The van der Waals surface area contributed by atoms with Gasteiger partial charge < -0.3 is 4.98 Å². The van der Waals surface area contributed by atoms with Crippen LogP contribution < -0.4 is 5.56 Å². The first-order chi connectivity index (χ1) is 10.6. The molecule has 4 nitrogen and oxygen atoms in total. The molecule has 3 aromatic rings. The summed E-state index contributed by atoms with van der Waals surface area (Å²) in [7, 11) is 0. The van der Waals surface area contributed by atoms with Crippen molar-refractivity contribution in [2.24, 2.45) is 5.10 Å². The zero-order chi connectivity index (χ0) is 15.7. The molecule has 1 heterocycles. The van der Waals surface area contributed by atoms with Gasteiger partial charge in [0.15, 0.2) is 0 Å². The topological polar surface area (TPSA) is 50.1 Å². The maximum Gasteiger partial charge on any atom is 0.282 e. The van der Waals surface area contributed by atoms with E-state index in [2.05, 4.69) is 10.1 Å². The molecular weight excluding hydrogens is 308 g/mol. The molecule has 0 atom stereocenters. The fourth-order valence-corrected chi connectivity index (χ4v) is 2.25. The first-order valence-corrected chi connectivity index (χ1v) is 6.71. The average molecular weight is 317 g/mol. The summed E-state index contributed by atoms with van der Waals surface area (Å²) < 4.78 is 28.0. The van der Waals surface area contributed by atoms with E-state index in [9.17, 15) is 13.6 Å². The quantitative estimate of drug-likeness (QED) is 0.583. The summed E-state index contributed by atoms with van der Waals surface area (Å²) >= 11 is 5.05. The lowest BCUT2D eigenvalue weighted by molar-refractivity contribution is 0.579. The molecule has 2 aromatic carbocycles. The van der Waals surface area contributed by atoms with Crippen LogP contribution in [-0.2, 0) is 0 Å². The van der Waals surface area contributed by atoms with Gasteiger partial charge in [-0.05, 0) is 36.5 Å². The number of halogens is 2. The van der Waals surface area contributed by atoms with Crippen molar-refractivity contribution in [1.82, 2.24) is 9.66 Å². The monoisotopic (exact) mass is 317 g/mol. The van der Waals surface area contributed by atoms with Crippen molar-refractivity contribution in [1.29, 1.82) is 0 Å². The van der Waals surface area contributed by atoms with Crippen LogP contribution in [0, 0.1) is 16.4 Å². The predicted molar refractivity (Wildman–Crippen MR) is 82.7 cm³/mol. The number of benzene rings is 2. The van der Waals surface area contributed by atoms with E-state index >= 15 is 0 Å². The van der Waals surface area contributed by atoms with Crippen molar-refractivity contribution in [2.75, 3.05) is 0 Å². The molecule has 7 heteroatoms. The zero-order valence-electron chi connectivity index (χ0n) is 11.1. The summed E-state index contributed by atoms with van der Waals surface area (Å²) in [6, 6.07) is 10.2. The van der Waals surface area contributed by atoms with Gasteiger partial charge in [0.2, 0.25) is 4.77 Å². The molecule has 0 saturated heterocycles. The molecule has 0 radical (unpaired) electrons. The van der Waals surface area contributed by atoms with E-state index < -0.39 is 17.2 Å². The number of nitrogens with one attached hydrogen (secondary N) is 1. The summed E-state index contributed by atoms with van der Waals surface area (Å²) in [5.74, 6) is -1.54. The summed E-state index contributed by atoms with van der Waals surface area (Å²) in [6.45, 7) is 0. The minimum atomic E-state index is -0.771. The minimum absolute atomic E-state index is 0.0386. The lowest BCUT2D eigenvalue weighted by Crippen LogP contribution is -2.18. The largest absolute Gasteiger partial charge is 0.330 e. The van der Waals surface area contributed by atoms with Crippen molar-refractivity contribution in [3.05, 3.63) is 74.8 Å². The molecule has 1 N–H and O–H groups in total. The molecule has 0 spiro atoms. The average Bonchev–Trinajstić information content (AvgIpc) is 2.49. The molecule has 0 saturated carbocycles. The van der Waals surface area contributed by atoms with Gasteiger partial charge in [0.05, 0.1) is 22.7 Å². The number of aromatic amines is 1. The standard InChI is InChI=1S/C15H9F2N3OS/c16-11-5-3-6-12(17)10(11)8-18-20-14(21)9-4-1-2-7-13(9)19-15(20)22/h1-8H,(H,19,22). The number of nitrogens with zero attached hydrogens (tertiary/aromatic N) is 2. The number of para-hydroxylation sites is 1. The molecule has 1 aromatic heterocycles. The fraction of sp³-hybridized carbons (Fsp3) is 0. The number of H-pyrrole nitrogens is 1. The van der Waals surface area contributed by atoms with Crippen LogP contribution in [0.4, 0.5) is 8.78 Å². The third kappa shape index (κ3) is 2.46. The second kappa shape index (κ2) is 5.61. The van der Waals surface area contributed by atoms with Crippen molar-refractivity contribution in [2.45, 2.75) is 0 Å². The van der Waals surface area contributed by atoms with Crippen LogP contribution in [0.5, 0.6) is 0 Å². The summed E-state index contributed by atoms with van der Waals surface area (Å²) in [6.07, 6.45) is 0.935. The van der Waals surface area contributed by atoms with E-state index in [1.807, 2.05) is 0 Å². The van der Waals surface area contributed by atoms with E-state index in [1.54, 1.807) is 24.3 Å².